The summed E-state index contributed by atoms with van der Waals surface area (Å²) in [4.78, 5) is 4.13. The topological polar surface area (TPSA) is 72.0 Å². The molecule has 0 aliphatic carbocycles. The maximum Gasteiger partial charge on any atom is 0.191 e. The molecule has 0 bridgehead atoms. The van der Waals surface area contributed by atoms with Gasteiger partial charge in [-0.3, -0.25) is 9.20 Å². The van der Waals surface area contributed by atoms with Crippen molar-refractivity contribution in [3.05, 3.63) is 0 Å². The molecule has 0 radical (unpaired) electrons. The minimum absolute atomic E-state index is 0.175. The Morgan fingerprint density at radius 3 is 2.22 bits per heavy atom. The maximum atomic E-state index is 11.9. The highest BCUT2D eigenvalue weighted by Crippen LogP contribution is 2.10. The fourth-order valence-electron chi connectivity index (χ4n) is 1.60. The number of hydrogen-bond donors (Lipinski definition) is 2. The molecule has 1 atom stereocenters. The third kappa shape index (κ3) is 13.5. The first-order valence-corrected chi connectivity index (χ1v) is 9.72. The van der Waals surface area contributed by atoms with Gasteiger partial charge in [0.1, 0.15) is 0 Å². The number of guanidine groups is 1. The molecule has 7 heteroatoms. The van der Waals surface area contributed by atoms with Crippen LogP contribution < -0.4 is 10.6 Å². The van der Waals surface area contributed by atoms with Crippen LogP contribution in [0.3, 0.4) is 0 Å². The highest BCUT2D eigenvalue weighted by atomic mass is 32.2. The van der Waals surface area contributed by atoms with Gasteiger partial charge in [0.2, 0.25) is 0 Å². The van der Waals surface area contributed by atoms with E-state index in [1.807, 2.05) is 20.8 Å². The van der Waals surface area contributed by atoms with E-state index >= 15 is 0 Å². The zero-order valence-electron chi connectivity index (χ0n) is 15.4. The zero-order valence-corrected chi connectivity index (χ0v) is 16.3. The normalized spacial score (nSPS) is 13.9. The lowest BCUT2D eigenvalue weighted by Gasteiger charge is -2.18. The van der Waals surface area contributed by atoms with Crippen LogP contribution in [0, 0.1) is 0 Å². The number of nitrogens with zero attached hydrogens (tertiary/aromatic N) is 1. The number of rotatable bonds is 12. The maximum absolute atomic E-state index is 11.9. The van der Waals surface area contributed by atoms with Gasteiger partial charge in [0.05, 0.1) is 19.8 Å². The number of unbranched alkanes of at least 4 members (excludes halogenated alkanes) is 1. The molecule has 0 saturated heterocycles. The molecule has 6 nitrogen and oxygen atoms in total. The van der Waals surface area contributed by atoms with Crippen molar-refractivity contribution in [2.24, 2.45) is 4.99 Å². The van der Waals surface area contributed by atoms with E-state index in [0.717, 1.165) is 19.4 Å². The summed E-state index contributed by atoms with van der Waals surface area (Å²) in [6.45, 7) is 12.1. The van der Waals surface area contributed by atoms with Crippen LogP contribution >= 0.6 is 0 Å². The highest BCUT2D eigenvalue weighted by Gasteiger charge is 2.18. The Kier molecular flexibility index (Phi) is 13.4. The fourth-order valence-corrected chi connectivity index (χ4v) is 2.50. The van der Waals surface area contributed by atoms with Gasteiger partial charge in [-0.15, -0.1) is 0 Å². The van der Waals surface area contributed by atoms with Gasteiger partial charge in [0.25, 0.3) is 0 Å². The molecule has 2 N–H and O–H groups in total. The summed E-state index contributed by atoms with van der Waals surface area (Å²) >= 11 is 0. The average molecular weight is 350 g/mol. The van der Waals surface area contributed by atoms with E-state index in [4.69, 9.17) is 9.47 Å². The second-order valence-corrected chi connectivity index (χ2v) is 8.49. The molecular formula is C16H35N3O3S. The first kappa shape index (κ1) is 22.3. The van der Waals surface area contributed by atoms with Crippen molar-refractivity contribution in [2.45, 2.75) is 45.3 Å². The molecule has 0 amide bonds. The molecule has 138 valence electrons. The quantitative estimate of drug-likeness (QED) is 0.318. The summed E-state index contributed by atoms with van der Waals surface area (Å²) in [6, 6.07) is 0. The van der Waals surface area contributed by atoms with Crippen LogP contribution in [0.4, 0.5) is 0 Å². The molecule has 0 aliphatic heterocycles. The lowest BCUT2D eigenvalue weighted by molar-refractivity contribution is 0.0487. The van der Waals surface area contributed by atoms with E-state index in [1.165, 1.54) is 0 Å². The Bertz CT molecular complexity index is 344. The Morgan fingerprint density at radius 2 is 1.65 bits per heavy atom. The van der Waals surface area contributed by atoms with Crippen LogP contribution in [0.1, 0.15) is 40.5 Å². The van der Waals surface area contributed by atoms with Gasteiger partial charge in [-0.25, -0.2) is 0 Å². The molecule has 0 aliphatic rings. The molecule has 0 rings (SSSR count). The van der Waals surface area contributed by atoms with Crippen molar-refractivity contribution in [1.82, 2.24) is 10.6 Å². The predicted molar refractivity (Wildman–Crippen MR) is 98.7 cm³/mol. The average Bonchev–Trinajstić information content (AvgIpc) is 2.50. The number of aliphatic imine (C=N–C) groups is 1. The molecular weight excluding hydrogens is 314 g/mol. The van der Waals surface area contributed by atoms with Crippen molar-refractivity contribution < 1.29 is 13.7 Å². The smallest absolute Gasteiger partial charge is 0.191 e. The number of hydrogen-bond acceptors (Lipinski definition) is 4. The van der Waals surface area contributed by atoms with Crippen LogP contribution in [0.15, 0.2) is 4.99 Å². The first-order valence-electron chi connectivity index (χ1n) is 8.40. The van der Waals surface area contributed by atoms with E-state index in [1.54, 1.807) is 7.05 Å². The second-order valence-electron chi connectivity index (χ2n) is 6.17. The van der Waals surface area contributed by atoms with Gasteiger partial charge < -0.3 is 20.1 Å². The molecule has 0 fully saturated rings. The molecule has 1 unspecified atom stereocenters. The third-order valence-electron chi connectivity index (χ3n) is 3.04. The van der Waals surface area contributed by atoms with Gasteiger partial charge in [-0.1, -0.05) is 13.3 Å². The summed E-state index contributed by atoms with van der Waals surface area (Å²) in [6.07, 6.45) is 2.25. The summed E-state index contributed by atoms with van der Waals surface area (Å²) in [7, 11) is 0.867. The van der Waals surface area contributed by atoms with E-state index in [0.29, 0.717) is 44.6 Å². The minimum Gasteiger partial charge on any atom is -0.379 e. The van der Waals surface area contributed by atoms with Crippen LogP contribution in [0.25, 0.3) is 0 Å². The lowest BCUT2D eigenvalue weighted by atomic mass is 10.3. The van der Waals surface area contributed by atoms with Crippen molar-refractivity contribution >= 4 is 16.8 Å². The van der Waals surface area contributed by atoms with Crippen molar-refractivity contribution in [3.63, 3.8) is 0 Å². The number of nitrogens with one attached hydrogen (secondary N) is 2. The molecule has 0 aromatic carbocycles. The standard InChI is InChI=1S/C16H35N3O3S/c1-6-7-10-21-12-13-22-11-8-18-15(17-5)19-9-14-23(20)16(2,3)4/h6-14H2,1-5H3,(H2,17,18,19). The van der Waals surface area contributed by atoms with Gasteiger partial charge in [-0.2, -0.15) is 0 Å². The van der Waals surface area contributed by atoms with Gasteiger partial charge >= 0.3 is 0 Å². The van der Waals surface area contributed by atoms with Crippen LogP contribution in [-0.4, -0.2) is 67.2 Å². The van der Waals surface area contributed by atoms with Crippen molar-refractivity contribution in [1.29, 1.82) is 0 Å². The molecule has 0 aromatic heterocycles. The minimum atomic E-state index is -0.853. The summed E-state index contributed by atoms with van der Waals surface area (Å²) in [5.41, 5.74) is 0. The Labute approximate surface area is 144 Å². The fraction of sp³-hybridized carbons (Fsp3) is 0.938. The Balaban J connectivity index is 3.59. The lowest BCUT2D eigenvalue weighted by Crippen LogP contribution is -2.41. The van der Waals surface area contributed by atoms with Gasteiger partial charge in [-0.05, 0) is 27.2 Å². The molecule has 0 aromatic rings. The third-order valence-corrected chi connectivity index (χ3v) is 4.98. The van der Waals surface area contributed by atoms with Crippen LogP contribution in [0.2, 0.25) is 0 Å². The van der Waals surface area contributed by atoms with Crippen LogP contribution in [0.5, 0.6) is 0 Å². The van der Waals surface area contributed by atoms with Crippen molar-refractivity contribution in [2.75, 3.05) is 52.3 Å². The van der Waals surface area contributed by atoms with Crippen LogP contribution in [-0.2, 0) is 20.3 Å². The van der Waals surface area contributed by atoms with E-state index in [2.05, 4.69) is 22.5 Å². The predicted octanol–water partition coefficient (Wildman–Crippen LogP) is 1.53. The Hall–Kier alpha value is -0.660. The Morgan fingerprint density at radius 1 is 1.04 bits per heavy atom. The van der Waals surface area contributed by atoms with Gasteiger partial charge in [0.15, 0.2) is 5.96 Å². The SMILES string of the molecule is CCCCOCCOCCNC(=NC)NCCS(=O)C(C)(C)C. The van der Waals surface area contributed by atoms with E-state index in [-0.39, 0.29) is 4.75 Å². The van der Waals surface area contributed by atoms with E-state index < -0.39 is 10.8 Å². The molecule has 23 heavy (non-hydrogen) atoms. The summed E-state index contributed by atoms with van der Waals surface area (Å²) in [5.74, 6) is 1.31. The molecule has 0 spiro atoms. The first-order chi connectivity index (χ1) is 10.9. The monoisotopic (exact) mass is 349 g/mol. The summed E-state index contributed by atoms with van der Waals surface area (Å²) in [5, 5.41) is 6.33. The zero-order chi connectivity index (χ0) is 17.6. The van der Waals surface area contributed by atoms with E-state index in [9.17, 15) is 4.21 Å². The number of ether oxygens (including phenoxy) is 2. The highest BCUT2D eigenvalue weighted by molar-refractivity contribution is 7.86. The molecule has 0 heterocycles. The molecule has 0 saturated carbocycles. The van der Waals surface area contributed by atoms with Gasteiger partial charge in [0, 0.05) is 48.0 Å². The van der Waals surface area contributed by atoms with Crippen molar-refractivity contribution in [3.8, 4) is 0 Å². The largest absolute Gasteiger partial charge is 0.379 e. The second kappa shape index (κ2) is 13.7. The summed E-state index contributed by atoms with van der Waals surface area (Å²) < 4.78 is 22.7.